The zero-order valence-electron chi connectivity index (χ0n) is 7.62. The monoisotopic (exact) mass is 171 g/mol. The van der Waals surface area contributed by atoms with Crippen LogP contribution in [-0.4, -0.2) is 35.1 Å². The van der Waals surface area contributed by atoms with Crippen molar-refractivity contribution in [3.63, 3.8) is 0 Å². The summed E-state index contributed by atoms with van der Waals surface area (Å²) in [7, 11) is 0. The van der Waals surface area contributed by atoms with Crippen molar-refractivity contribution in [1.82, 2.24) is 4.90 Å². The van der Waals surface area contributed by atoms with E-state index < -0.39 is 0 Å². The number of likely N-dealkylation sites (tertiary alicyclic amines) is 1. The quantitative estimate of drug-likeness (QED) is 0.681. The number of β-amino-alcohol motifs (C(OH)–C–C–N with tert-alkyl or cyclic N) is 1. The maximum Gasteiger partial charge on any atom is 0.222 e. The molecule has 1 rings (SSSR count). The van der Waals surface area contributed by atoms with Crippen LogP contribution >= 0.6 is 0 Å². The third-order valence-electron chi connectivity index (χ3n) is 2.26. The SMILES string of the molecule is CCCCC(=O)N1CC[C@@H](O)C1. The first-order valence-electron chi connectivity index (χ1n) is 4.70. The number of hydrogen-bond donors (Lipinski definition) is 1. The lowest BCUT2D eigenvalue weighted by molar-refractivity contribution is -0.130. The van der Waals surface area contributed by atoms with Gasteiger partial charge < -0.3 is 10.0 Å². The molecule has 1 atom stereocenters. The minimum atomic E-state index is -0.282. The van der Waals surface area contributed by atoms with Gasteiger partial charge in [0, 0.05) is 19.5 Å². The van der Waals surface area contributed by atoms with Gasteiger partial charge in [-0.05, 0) is 12.8 Å². The number of carbonyl (C=O) groups excluding carboxylic acids is 1. The fraction of sp³-hybridized carbons (Fsp3) is 0.889. The van der Waals surface area contributed by atoms with E-state index in [0.717, 1.165) is 25.8 Å². The van der Waals surface area contributed by atoms with Gasteiger partial charge in [0.2, 0.25) is 5.91 Å². The molecule has 1 fully saturated rings. The molecule has 3 heteroatoms. The van der Waals surface area contributed by atoms with Crippen LogP contribution in [0.15, 0.2) is 0 Å². The minimum absolute atomic E-state index is 0.202. The van der Waals surface area contributed by atoms with Gasteiger partial charge in [-0.25, -0.2) is 0 Å². The van der Waals surface area contributed by atoms with Crippen LogP contribution in [0.25, 0.3) is 0 Å². The highest BCUT2D eigenvalue weighted by molar-refractivity contribution is 5.76. The first-order chi connectivity index (χ1) is 5.74. The number of rotatable bonds is 3. The van der Waals surface area contributed by atoms with Gasteiger partial charge in [0.15, 0.2) is 0 Å². The molecule has 0 aromatic carbocycles. The smallest absolute Gasteiger partial charge is 0.222 e. The molecule has 70 valence electrons. The number of unbranched alkanes of at least 4 members (excludes halogenated alkanes) is 1. The summed E-state index contributed by atoms with van der Waals surface area (Å²) < 4.78 is 0. The molecule has 0 aromatic rings. The molecule has 0 unspecified atom stereocenters. The molecule has 1 amide bonds. The zero-order chi connectivity index (χ0) is 8.97. The third kappa shape index (κ3) is 2.48. The first kappa shape index (κ1) is 9.52. The van der Waals surface area contributed by atoms with E-state index in [9.17, 15) is 9.90 Å². The second-order valence-corrected chi connectivity index (χ2v) is 3.39. The lowest BCUT2D eigenvalue weighted by Crippen LogP contribution is -2.29. The standard InChI is InChI=1S/C9H17NO2/c1-2-3-4-9(12)10-6-5-8(11)7-10/h8,11H,2-7H2,1H3/t8-/m1/s1. The zero-order valence-corrected chi connectivity index (χ0v) is 7.62. The summed E-state index contributed by atoms with van der Waals surface area (Å²) in [6.45, 7) is 3.36. The van der Waals surface area contributed by atoms with E-state index in [0.29, 0.717) is 13.0 Å². The Morgan fingerprint density at radius 2 is 2.42 bits per heavy atom. The van der Waals surface area contributed by atoms with Crippen LogP contribution in [0.5, 0.6) is 0 Å². The Morgan fingerprint density at radius 3 is 2.92 bits per heavy atom. The van der Waals surface area contributed by atoms with Crippen molar-refractivity contribution < 1.29 is 9.90 Å². The predicted molar refractivity (Wildman–Crippen MR) is 46.7 cm³/mol. The lowest BCUT2D eigenvalue weighted by Gasteiger charge is -2.14. The summed E-state index contributed by atoms with van der Waals surface area (Å²) in [5, 5.41) is 9.18. The number of hydrogen-bond acceptors (Lipinski definition) is 2. The van der Waals surface area contributed by atoms with Crippen molar-refractivity contribution in [3.8, 4) is 0 Å². The number of carbonyl (C=O) groups is 1. The average Bonchev–Trinajstić information content (AvgIpc) is 2.47. The Bertz CT molecular complexity index is 159. The van der Waals surface area contributed by atoms with E-state index >= 15 is 0 Å². The van der Waals surface area contributed by atoms with Crippen molar-refractivity contribution in [2.75, 3.05) is 13.1 Å². The highest BCUT2D eigenvalue weighted by Gasteiger charge is 2.23. The molecular weight excluding hydrogens is 154 g/mol. The van der Waals surface area contributed by atoms with Gasteiger partial charge in [0.05, 0.1) is 6.10 Å². The van der Waals surface area contributed by atoms with E-state index in [4.69, 9.17) is 0 Å². The molecule has 0 bridgehead atoms. The molecule has 3 nitrogen and oxygen atoms in total. The van der Waals surface area contributed by atoms with Crippen molar-refractivity contribution in [1.29, 1.82) is 0 Å². The topological polar surface area (TPSA) is 40.5 Å². The second-order valence-electron chi connectivity index (χ2n) is 3.39. The van der Waals surface area contributed by atoms with Crippen LogP contribution < -0.4 is 0 Å². The summed E-state index contributed by atoms with van der Waals surface area (Å²) in [4.78, 5) is 13.1. The molecule has 0 spiro atoms. The fourth-order valence-corrected chi connectivity index (χ4v) is 1.45. The Morgan fingerprint density at radius 1 is 1.67 bits per heavy atom. The maximum atomic E-state index is 11.4. The molecule has 0 saturated carbocycles. The molecule has 1 aliphatic heterocycles. The molecule has 1 saturated heterocycles. The summed E-state index contributed by atoms with van der Waals surface area (Å²) in [5.41, 5.74) is 0. The largest absolute Gasteiger partial charge is 0.391 e. The average molecular weight is 171 g/mol. The number of aliphatic hydroxyl groups excluding tert-OH is 1. The van der Waals surface area contributed by atoms with Gasteiger partial charge in [0.25, 0.3) is 0 Å². The number of aliphatic hydroxyl groups is 1. The van der Waals surface area contributed by atoms with Gasteiger partial charge >= 0.3 is 0 Å². The highest BCUT2D eigenvalue weighted by atomic mass is 16.3. The van der Waals surface area contributed by atoms with Gasteiger partial charge in [-0.2, -0.15) is 0 Å². The van der Waals surface area contributed by atoms with Crippen molar-refractivity contribution in [3.05, 3.63) is 0 Å². The van der Waals surface area contributed by atoms with Crippen LogP contribution in [0.1, 0.15) is 32.6 Å². The third-order valence-corrected chi connectivity index (χ3v) is 2.26. The van der Waals surface area contributed by atoms with E-state index in [1.54, 1.807) is 4.90 Å². The minimum Gasteiger partial charge on any atom is -0.391 e. The molecule has 1 N–H and O–H groups in total. The van der Waals surface area contributed by atoms with Gasteiger partial charge in [0.1, 0.15) is 0 Å². The highest BCUT2D eigenvalue weighted by Crippen LogP contribution is 2.11. The van der Waals surface area contributed by atoms with Gasteiger partial charge in [-0.1, -0.05) is 13.3 Å². The van der Waals surface area contributed by atoms with Crippen LogP contribution in [-0.2, 0) is 4.79 Å². The van der Waals surface area contributed by atoms with Crippen molar-refractivity contribution in [2.24, 2.45) is 0 Å². The molecular formula is C9H17NO2. The maximum absolute atomic E-state index is 11.4. The molecule has 0 aliphatic carbocycles. The van der Waals surface area contributed by atoms with Crippen molar-refractivity contribution >= 4 is 5.91 Å². The van der Waals surface area contributed by atoms with Crippen molar-refractivity contribution in [2.45, 2.75) is 38.7 Å². The second kappa shape index (κ2) is 4.45. The predicted octanol–water partition coefficient (Wildman–Crippen LogP) is 0.770. The number of nitrogens with zero attached hydrogens (tertiary/aromatic N) is 1. The molecule has 1 heterocycles. The first-order valence-corrected chi connectivity index (χ1v) is 4.70. The summed E-state index contributed by atoms with van der Waals surface area (Å²) in [5.74, 6) is 0.202. The summed E-state index contributed by atoms with van der Waals surface area (Å²) >= 11 is 0. The molecule has 12 heavy (non-hydrogen) atoms. The van der Waals surface area contributed by atoms with Crippen LogP contribution in [0.4, 0.5) is 0 Å². The molecule has 0 aromatic heterocycles. The Kier molecular flexibility index (Phi) is 3.53. The van der Waals surface area contributed by atoms with E-state index in [2.05, 4.69) is 6.92 Å². The molecule has 0 radical (unpaired) electrons. The fourth-order valence-electron chi connectivity index (χ4n) is 1.45. The summed E-state index contributed by atoms with van der Waals surface area (Å²) in [6, 6.07) is 0. The van der Waals surface area contributed by atoms with Gasteiger partial charge in [-0.3, -0.25) is 4.79 Å². The summed E-state index contributed by atoms with van der Waals surface area (Å²) in [6.07, 6.45) is 3.13. The van der Waals surface area contributed by atoms with E-state index in [-0.39, 0.29) is 12.0 Å². The van der Waals surface area contributed by atoms with Crippen LogP contribution in [0.2, 0.25) is 0 Å². The van der Waals surface area contributed by atoms with Gasteiger partial charge in [-0.15, -0.1) is 0 Å². The molecule has 1 aliphatic rings. The van der Waals surface area contributed by atoms with Crippen LogP contribution in [0.3, 0.4) is 0 Å². The number of amides is 1. The van der Waals surface area contributed by atoms with Crippen LogP contribution in [0, 0.1) is 0 Å². The Balaban J connectivity index is 2.23. The van der Waals surface area contributed by atoms with E-state index in [1.807, 2.05) is 0 Å². The lowest BCUT2D eigenvalue weighted by atomic mass is 10.2. The Hall–Kier alpha value is -0.570. The Labute approximate surface area is 73.4 Å². The normalized spacial score (nSPS) is 23.2. The van der Waals surface area contributed by atoms with E-state index in [1.165, 1.54) is 0 Å².